The highest BCUT2D eigenvalue weighted by Crippen LogP contribution is 2.32. The van der Waals surface area contributed by atoms with Gasteiger partial charge < -0.3 is 0 Å². The number of hydrogen-bond acceptors (Lipinski definition) is 0. The van der Waals surface area contributed by atoms with Gasteiger partial charge in [0.15, 0.2) is 11.6 Å². The average Bonchev–Trinajstić information content (AvgIpc) is 2.59. The molecule has 0 aliphatic heterocycles. The molecule has 0 N–H and O–H groups in total. The summed E-state index contributed by atoms with van der Waals surface area (Å²) in [6, 6.07) is 4.36. The molecule has 2 atom stereocenters. The molecule has 0 heterocycles. The maximum atomic E-state index is 13.3. The molecule has 1 aliphatic carbocycles. The van der Waals surface area contributed by atoms with Crippen molar-refractivity contribution in [1.29, 1.82) is 0 Å². The molecule has 1 aromatic rings. The van der Waals surface area contributed by atoms with Crippen molar-refractivity contribution in [2.75, 3.05) is 0 Å². The first-order chi connectivity index (χ1) is 7.16. The first-order valence-corrected chi connectivity index (χ1v) is 5.67. The van der Waals surface area contributed by atoms with Gasteiger partial charge in [-0.1, -0.05) is 12.1 Å². The Hall–Kier alpha value is -0.630. The molecule has 1 aliphatic rings. The van der Waals surface area contributed by atoms with Crippen molar-refractivity contribution >= 4 is 11.6 Å². The highest BCUT2D eigenvalue weighted by molar-refractivity contribution is 6.20. The molecule has 1 aromatic carbocycles. The van der Waals surface area contributed by atoms with Gasteiger partial charge in [0, 0.05) is 5.38 Å². The van der Waals surface area contributed by atoms with Crippen LogP contribution in [0.4, 0.5) is 8.78 Å². The van der Waals surface area contributed by atoms with Gasteiger partial charge in [-0.05, 0) is 43.2 Å². The number of benzene rings is 1. The molecule has 0 spiro atoms. The van der Waals surface area contributed by atoms with E-state index in [4.69, 9.17) is 11.6 Å². The standard InChI is InChI=1S/C12H13ClF2/c13-10-5-4-8(7-10)6-9-2-1-3-11(14)12(9)15/h1-3,8,10H,4-7H2. The Labute approximate surface area is 93.2 Å². The van der Waals surface area contributed by atoms with Gasteiger partial charge in [0.25, 0.3) is 0 Å². The van der Waals surface area contributed by atoms with E-state index in [1.165, 1.54) is 0 Å². The third-order valence-corrected chi connectivity index (χ3v) is 3.41. The van der Waals surface area contributed by atoms with Crippen molar-refractivity contribution in [3.05, 3.63) is 35.4 Å². The molecular formula is C12H13ClF2. The molecule has 0 bridgehead atoms. The fraction of sp³-hybridized carbons (Fsp3) is 0.500. The van der Waals surface area contributed by atoms with E-state index in [-0.39, 0.29) is 5.38 Å². The highest BCUT2D eigenvalue weighted by Gasteiger charge is 2.24. The average molecular weight is 231 g/mol. The van der Waals surface area contributed by atoms with Crippen LogP contribution in [-0.2, 0) is 6.42 Å². The molecular weight excluding hydrogens is 218 g/mol. The fourth-order valence-corrected chi connectivity index (χ4v) is 2.59. The topological polar surface area (TPSA) is 0 Å². The van der Waals surface area contributed by atoms with Crippen LogP contribution in [0.25, 0.3) is 0 Å². The van der Waals surface area contributed by atoms with Gasteiger partial charge in [0.1, 0.15) is 0 Å². The van der Waals surface area contributed by atoms with Crippen LogP contribution >= 0.6 is 11.6 Å². The summed E-state index contributed by atoms with van der Waals surface area (Å²) in [5.74, 6) is -1.05. The molecule has 1 fully saturated rings. The number of halogens is 3. The van der Waals surface area contributed by atoms with Gasteiger partial charge in [-0.2, -0.15) is 0 Å². The molecule has 2 rings (SSSR count). The van der Waals surface area contributed by atoms with Gasteiger partial charge in [-0.3, -0.25) is 0 Å². The van der Waals surface area contributed by atoms with Crippen molar-refractivity contribution in [1.82, 2.24) is 0 Å². The molecule has 0 nitrogen and oxygen atoms in total. The SMILES string of the molecule is Fc1cccc(CC2CCC(Cl)C2)c1F. The van der Waals surface area contributed by atoms with Gasteiger partial charge in [0.05, 0.1) is 0 Å². The van der Waals surface area contributed by atoms with Crippen LogP contribution < -0.4 is 0 Å². The van der Waals surface area contributed by atoms with Crippen molar-refractivity contribution in [2.45, 2.75) is 31.1 Å². The molecule has 3 heteroatoms. The van der Waals surface area contributed by atoms with E-state index in [1.807, 2.05) is 0 Å². The third-order valence-electron chi connectivity index (χ3n) is 3.02. The molecule has 0 radical (unpaired) electrons. The van der Waals surface area contributed by atoms with Crippen LogP contribution in [0.5, 0.6) is 0 Å². The first-order valence-electron chi connectivity index (χ1n) is 5.23. The number of rotatable bonds is 2. The molecule has 15 heavy (non-hydrogen) atoms. The van der Waals surface area contributed by atoms with Crippen LogP contribution in [0.15, 0.2) is 18.2 Å². The minimum atomic E-state index is -0.757. The van der Waals surface area contributed by atoms with E-state index in [0.717, 1.165) is 25.3 Å². The maximum Gasteiger partial charge on any atom is 0.162 e. The third kappa shape index (κ3) is 2.49. The smallest absolute Gasteiger partial charge is 0.162 e. The van der Waals surface area contributed by atoms with Gasteiger partial charge in [0.2, 0.25) is 0 Å². The lowest BCUT2D eigenvalue weighted by Crippen LogP contribution is -2.03. The van der Waals surface area contributed by atoms with E-state index < -0.39 is 11.6 Å². The van der Waals surface area contributed by atoms with Gasteiger partial charge in [-0.25, -0.2) is 8.78 Å². The Bertz CT molecular complexity index is 351. The Balaban J connectivity index is 2.07. The van der Waals surface area contributed by atoms with E-state index in [2.05, 4.69) is 0 Å². The summed E-state index contributed by atoms with van der Waals surface area (Å²) in [5.41, 5.74) is 0.478. The Kier molecular flexibility index (Phi) is 3.25. The molecule has 1 saturated carbocycles. The van der Waals surface area contributed by atoms with Crippen molar-refractivity contribution in [3.63, 3.8) is 0 Å². The zero-order valence-corrected chi connectivity index (χ0v) is 9.11. The van der Waals surface area contributed by atoms with Gasteiger partial charge in [-0.15, -0.1) is 11.6 Å². The van der Waals surface area contributed by atoms with Crippen LogP contribution in [-0.4, -0.2) is 5.38 Å². The van der Waals surface area contributed by atoms with E-state index in [0.29, 0.717) is 17.9 Å². The highest BCUT2D eigenvalue weighted by atomic mass is 35.5. The van der Waals surface area contributed by atoms with Crippen molar-refractivity contribution in [3.8, 4) is 0 Å². The zero-order chi connectivity index (χ0) is 10.8. The minimum Gasteiger partial charge on any atom is -0.204 e. The van der Waals surface area contributed by atoms with Crippen molar-refractivity contribution < 1.29 is 8.78 Å². The molecule has 0 saturated heterocycles. The quantitative estimate of drug-likeness (QED) is 0.676. The summed E-state index contributed by atoms with van der Waals surface area (Å²) >= 11 is 5.98. The van der Waals surface area contributed by atoms with Crippen molar-refractivity contribution in [2.24, 2.45) is 5.92 Å². The Morgan fingerprint density at radius 3 is 2.73 bits per heavy atom. The van der Waals surface area contributed by atoms with Crippen LogP contribution in [0.1, 0.15) is 24.8 Å². The number of hydrogen-bond donors (Lipinski definition) is 0. The van der Waals surface area contributed by atoms with E-state index in [9.17, 15) is 8.78 Å². The summed E-state index contributed by atoms with van der Waals surface area (Å²) in [5, 5.41) is 0.214. The second-order valence-electron chi connectivity index (χ2n) is 4.19. The summed E-state index contributed by atoms with van der Waals surface area (Å²) in [7, 11) is 0. The second kappa shape index (κ2) is 4.48. The summed E-state index contributed by atoms with van der Waals surface area (Å²) in [4.78, 5) is 0. The lowest BCUT2D eigenvalue weighted by molar-refractivity contribution is 0.476. The molecule has 2 unspecified atom stereocenters. The second-order valence-corrected chi connectivity index (χ2v) is 4.81. The summed E-state index contributed by atoms with van der Waals surface area (Å²) < 4.78 is 26.3. The molecule has 0 aromatic heterocycles. The monoisotopic (exact) mass is 230 g/mol. The fourth-order valence-electron chi connectivity index (χ4n) is 2.22. The lowest BCUT2D eigenvalue weighted by atomic mass is 9.97. The molecule has 82 valence electrons. The number of alkyl halides is 1. The Morgan fingerprint density at radius 2 is 2.07 bits per heavy atom. The van der Waals surface area contributed by atoms with E-state index >= 15 is 0 Å². The minimum absolute atomic E-state index is 0.214. The summed E-state index contributed by atoms with van der Waals surface area (Å²) in [6.07, 6.45) is 3.53. The van der Waals surface area contributed by atoms with Gasteiger partial charge >= 0.3 is 0 Å². The lowest BCUT2D eigenvalue weighted by Gasteiger charge is -2.10. The summed E-state index contributed by atoms with van der Waals surface area (Å²) in [6.45, 7) is 0. The predicted molar refractivity (Wildman–Crippen MR) is 57.0 cm³/mol. The first kappa shape index (κ1) is 10.9. The predicted octanol–water partition coefficient (Wildman–Crippen LogP) is 3.91. The largest absolute Gasteiger partial charge is 0.204 e. The van der Waals surface area contributed by atoms with E-state index in [1.54, 1.807) is 12.1 Å². The molecule has 0 amide bonds. The van der Waals surface area contributed by atoms with Crippen LogP contribution in [0.3, 0.4) is 0 Å². The zero-order valence-electron chi connectivity index (χ0n) is 8.35. The van der Waals surface area contributed by atoms with Crippen LogP contribution in [0.2, 0.25) is 0 Å². The maximum absolute atomic E-state index is 13.3. The Morgan fingerprint density at radius 1 is 1.27 bits per heavy atom. The normalized spacial score (nSPS) is 25.8. The van der Waals surface area contributed by atoms with Crippen LogP contribution in [0, 0.1) is 17.6 Å².